The van der Waals surface area contributed by atoms with Gasteiger partial charge in [-0.25, -0.2) is 4.79 Å². The number of rotatable bonds is 8. The Bertz CT molecular complexity index is 1560. The number of nitrogens with two attached hydrogens (primary N) is 1. The highest BCUT2D eigenvalue weighted by Gasteiger charge is 2.47. The summed E-state index contributed by atoms with van der Waals surface area (Å²) in [5, 5.41) is 10.0. The van der Waals surface area contributed by atoms with Crippen molar-refractivity contribution in [2.75, 3.05) is 25.2 Å². The number of alkyl halides is 9. The van der Waals surface area contributed by atoms with E-state index in [4.69, 9.17) is 15.2 Å². The molecule has 46 heavy (non-hydrogen) atoms. The fourth-order valence-corrected chi connectivity index (χ4v) is 5.47. The molecule has 250 valence electrons. The van der Waals surface area contributed by atoms with Crippen molar-refractivity contribution in [2.24, 2.45) is 5.73 Å². The number of hydrogen-bond acceptors (Lipinski definition) is 5. The van der Waals surface area contributed by atoms with E-state index < -0.39 is 64.9 Å². The summed E-state index contributed by atoms with van der Waals surface area (Å²) in [5.74, 6) is -1.10. The topological polar surface area (TPSA) is 97.9 Å². The number of methoxy groups -OCH3 is 1. The smallest absolute Gasteiger partial charge is 0.416 e. The number of benzene rings is 2. The van der Waals surface area contributed by atoms with Crippen molar-refractivity contribution >= 4 is 11.8 Å². The monoisotopic (exact) mass is 665 g/mol. The molecule has 0 saturated carbocycles. The highest BCUT2D eigenvalue weighted by molar-refractivity contribution is 5.90. The van der Waals surface area contributed by atoms with E-state index in [1.54, 1.807) is 6.92 Å². The molecule has 1 aliphatic rings. The lowest BCUT2D eigenvalue weighted by Crippen LogP contribution is -2.61. The first-order valence-corrected chi connectivity index (χ1v) is 13.7. The quantitative estimate of drug-likeness (QED) is 0.188. The zero-order chi connectivity index (χ0) is 34.2. The summed E-state index contributed by atoms with van der Waals surface area (Å²) in [6.07, 6.45) is -16.3. The molecule has 1 amide bonds. The Kier molecular flexibility index (Phi) is 9.56. The second kappa shape index (κ2) is 12.6. The molecule has 0 saturated heterocycles. The minimum absolute atomic E-state index is 0.00469. The lowest BCUT2D eigenvalue weighted by molar-refractivity contribution is -0.143. The molecule has 0 fully saturated rings. The van der Waals surface area contributed by atoms with Crippen LogP contribution in [0.4, 0.5) is 50.0 Å². The molecule has 3 N–H and O–H groups in total. The lowest BCUT2D eigenvalue weighted by atomic mass is 9.77. The zero-order valence-corrected chi connectivity index (χ0v) is 24.3. The maximum atomic E-state index is 13.8. The number of carbonyl (C=O) groups is 1. The van der Waals surface area contributed by atoms with E-state index in [1.165, 1.54) is 19.4 Å². The fraction of sp³-hybridized carbons (Fsp3) is 0.400. The van der Waals surface area contributed by atoms with Crippen LogP contribution in [0.25, 0.3) is 0 Å². The van der Waals surface area contributed by atoms with Crippen molar-refractivity contribution in [3.8, 4) is 5.75 Å². The summed E-state index contributed by atoms with van der Waals surface area (Å²) in [5.41, 5.74) is -0.106. The van der Waals surface area contributed by atoms with E-state index >= 15 is 0 Å². The Morgan fingerprint density at radius 1 is 0.957 bits per heavy atom. The molecule has 4 rings (SSSR count). The summed E-state index contributed by atoms with van der Waals surface area (Å²) >= 11 is 0. The third-order valence-corrected chi connectivity index (χ3v) is 7.68. The van der Waals surface area contributed by atoms with Crippen LogP contribution < -0.4 is 15.4 Å². The first-order chi connectivity index (χ1) is 21.3. The van der Waals surface area contributed by atoms with Crippen molar-refractivity contribution in [1.29, 1.82) is 0 Å². The van der Waals surface area contributed by atoms with Gasteiger partial charge in [-0.05, 0) is 78.4 Å². The third-order valence-electron chi connectivity index (χ3n) is 7.68. The molecule has 2 heterocycles. The van der Waals surface area contributed by atoms with Crippen LogP contribution in [-0.4, -0.2) is 42.2 Å². The number of nitrogens with zero attached hydrogens (tertiary/aromatic N) is 2. The zero-order valence-electron chi connectivity index (χ0n) is 24.3. The number of carboxylic acid groups (broad SMARTS) is 1. The summed E-state index contributed by atoms with van der Waals surface area (Å²) in [6, 6.07) is 4.76. The van der Waals surface area contributed by atoms with Gasteiger partial charge in [-0.2, -0.15) is 39.5 Å². The molecule has 2 atom stereocenters. The van der Waals surface area contributed by atoms with Crippen molar-refractivity contribution in [3.63, 3.8) is 0 Å². The van der Waals surface area contributed by atoms with Gasteiger partial charge in [0.25, 0.3) is 0 Å². The average Bonchev–Trinajstić information content (AvgIpc) is 2.95. The van der Waals surface area contributed by atoms with E-state index in [-0.39, 0.29) is 60.4 Å². The first kappa shape index (κ1) is 34.8. The molecular formula is C30H28F9N3O4. The summed E-state index contributed by atoms with van der Waals surface area (Å²) in [7, 11) is 1.39. The number of halogens is 9. The number of fused-ring (bicyclic) bond motifs is 1. The highest BCUT2D eigenvalue weighted by Crippen LogP contribution is 2.48. The van der Waals surface area contributed by atoms with Crippen LogP contribution in [0.2, 0.25) is 0 Å². The minimum atomic E-state index is -5.13. The van der Waals surface area contributed by atoms with Crippen LogP contribution in [0.5, 0.6) is 5.75 Å². The summed E-state index contributed by atoms with van der Waals surface area (Å²) in [4.78, 5) is 17.4. The Hall–Kier alpha value is -4.05. The van der Waals surface area contributed by atoms with Gasteiger partial charge in [0.05, 0.1) is 40.9 Å². The molecule has 2 aromatic carbocycles. The Balaban J connectivity index is 1.96. The van der Waals surface area contributed by atoms with Gasteiger partial charge in [0, 0.05) is 13.0 Å². The first-order valence-electron chi connectivity index (χ1n) is 13.7. The molecular weight excluding hydrogens is 637 g/mol. The maximum Gasteiger partial charge on any atom is 0.416 e. The Morgan fingerprint density at radius 3 is 2.09 bits per heavy atom. The van der Waals surface area contributed by atoms with E-state index in [1.807, 2.05) is 0 Å². The molecule has 1 aromatic heterocycles. The van der Waals surface area contributed by atoms with Gasteiger partial charge in [0.15, 0.2) is 0 Å². The van der Waals surface area contributed by atoms with Crippen LogP contribution in [0.15, 0.2) is 48.7 Å². The molecule has 0 unspecified atom stereocenters. The van der Waals surface area contributed by atoms with Crippen molar-refractivity contribution in [1.82, 2.24) is 4.98 Å². The number of ether oxygens (including phenoxy) is 2. The average molecular weight is 666 g/mol. The van der Waals surface area contributed by atoms with Gasteiger partial charge in [-0.15, -0.1) is 0 Å². The van der Waals surface area contributed by atoms with Crippen LogP contribution in [0.1, 0.15) is 64.8 Å². The highest BCUT2D eigenvalue weighted by atomic mass is 19.4. The third kappa shape index (κ3) is 7.33. The van der Waals surface area contributed by atoms with Crippen molar-refractivity contribution in [2.45, 2.75) is 56.3 Å². The largest absolute Gasteiger partial charge is 0.490 e. The predicted octanol–water partition coefficient (Wildman–Crippen LogP) is 7.84. The SMILES string of the molecule is CC[C@]1(N)C[C@H](c2ncc(OCCOC)cc2Cc2cc(C(F)(F)F)cc(C(F)(F)F)c2)c2cc(C(F)(F)F)ccc2N1C(=O)O. The number of amides is 1. The minimum Gasteiger partial charge on any atom is -0.490 e. The van der Waals surface area contributed by atoms with Gasteiger partial charge in [-0.1, -0.05) is 6.92 Å². The van der Waals surface area contributed by atoms with Gasteiger partial charge in [0.1, 0.15) is 18.0 Å². The fourth-order valence-electron chi connectivity index (χ4n) is 5.47. The number of pyridine rings is 1. The molecule has 0 aliphatic carbocycles. The van der Waals surface area contributed by atoms with Gasteiger partial charge < -0.3 is 20.3 Å². The molecule has 0 spiro atoms. The Labute approximate surface area is 256 Å². The van der Waals surface area contributed by atoms with E-state index in [0.29, 0.717) is 18.2 Å². The predicted molar refractivity (Wildman–Crippen MR) is 146 cm³/mol. The van der Waals surface area contributed by atoms with Gasteiger partial charge in [0.2, 0.25) is 0 Å². The van der Waals surface area contributed by atoms with E-state index in [9.17, 15) is 49.4 Å². The Morgan fingerprint density at radius 2 is 1.57 bits per heavy atom. The molecule has 3 aromatic rings. The van der Waals surface area contributed by atoms with Gasteiger partial charge in [-0.3, -0.25) is 9.88 Å². The number of anilines is 1. The maximum absolute atomic E-state index is 13.8. The molecule has 16 heteroatoms. The van der Waals surface area contributed by atoms with Crippen LogP contribution in [-0.2, 0) is 29.7 Å². The van der Waals surface area contributed by atoms with Crippen LogP contribution in [0.3, 0.4) is 0 Å². The lowest BCUT2D eigenvalue weighted by Gasteiger charge is -2.46. The summed E-state index contributed by atoms with van der Waals surface area (Å²) in [6.45, 7) is 1.67. The standard InChI is InChI=1S/C30H28F9N3O4/c1-3-27(40)14-23(22-13-18(28(31,32)33)4-5-24(22)42(27)26(43)44)25-17(11-21(15-41-25)46-7-6-45-2)8-16-9-19(29(34,35)36)12-20(10-16)30(37,38)39/h4-5,9-13,15,23H,3,6-8,14,40H2,1-2H3,(H,43,44)/t23-,27+/m0/s1. The normalized spacial score (nSPS) is 18.8. The second-order valence-electron chi connectivity index (χ2n) is 10.8. The molecule has 1 aliphatic heterocycles. The van der Waals surface area contributed by atoms with Gasteiger partial charge >= 0.3 is 24.6 Å². The molecule has 0 radical (unpaired) electrons. The number of aromatic nitrogens is 1. The van der Waals surface area contributed by atoms with Crippen molar-refractivity contribution in [3.05, 3.63) is 87.7 Å². The summed E-state index contributed by atoms with van der Waals surface area (Å²) < 4.78 is 134. The van der Waals surface area contributed by atoms with E-state index in [2.05, 4.69) is 4.98 Å². The van der Waals surface area contributed by atoms with Crippen LogP contribution >= 0.6 is 0 Å². The van der Waals surface area contributed by atoms with Crippen molar-refractivity contribution < 1.29 is 58.9 Å². The van der Waals surface area contributed by atoms with Crippen LogP contribution in [0, 0.1) is 0 Å². The molecule has 7 nitrogen and oxygen atoms in total. The number of hydrogen-bond donors (Lipinski definition) is 2. The second-order valence-corrected chi connectivity index (χ2v) is 10.8. The van der Waals surface area contributed by atoms with E-state index in [0.717, 1.165) is 17.0 Å². The molecule has 0 bridgehead atoms.